The molecule has 1 aromatic carbocycles. The van der Waals surface area contributed by atoms with E-state index in [4.69, 9.17) is 5.84 Å². The summed E-state index contributed by atoms with van der Waals surface area (Å²) in [6.07, 6.45) is 4.79. The van der Waals surface area contributed by atoms with E-state index >= 15 is 0 Å². The molecule has 2 rings (SSSR count). The van der Waals surface area contributed by atoms with Crippen LogP contribution in [0.3, 0.4) is 0 Å². The van der Waals surface area contributed by atoms with Gasteiger partial charge in [0.25, 0.3) is 0 Å². The zero-order valence-electron chi connectivity index (χ0n) is 10.2. The standard InChI is InChI=1S/C13H18N4/c1-3-10-4-6-11(7-5-10)13(16-14)12-8-17(2)9-15-12/h4-9,13,16H,3,14H2,1-2H3. The fourth-order valence-electron chi connectivity index (χ4n) is 1.88. The lowest BCUT2D eigenvalue weighted by molar-refractivity contribution is 0.622. The van der Waals surface area contributed by atoms with Gasteiger partial charge < -0.3 is 4.57 Å². The Kier molecular flexibility index (Phi) is 3.56. The summed E-state index contributed by atoms with van der Waals surface area (Å²) in [7, 11) is 1.95. The Morgan fingerprint density at radius 2 is 2.06 bits per heavy atom. The number of nitrogens with two attached hydrogens (primary N) is 1. The van der Waals surface area contributed by atoms with Gasteiger partial charge in [-0.25, -0.2) is 10.4 Å². The topological polar surface area (TPSA) is 55.9 Å². The highest BCUT2D eigenvalue weighted by molar-refractivity contribution is 5.29. The molecule has 0 saturated heterocycles. The maximum Gasteiger partial charge on any atom is 0.0947 e. The molecule has 1 atom stereocenters. The molecule has 0 aliphatic heterocycles. The fourth-order valence-corrected chi connectivity index (χ4v) is 1.88. The van der Waals surface area contributed by atoms with Crippen LogP contribution in [0.1, 0.15) is 29.8 Å². The summed E-state index contributed by atoms with van der Waals surface area (Å²) >= 11 is 0. The molecular weight excluding hydrogens is 212 g/mol. The highest BCUT2D eigenvalue weighted by Gasteiger charge is 2.14. The average molecular weight is 230 g/mol. The van der Waals surface area contributed by atoms with Crippen molar-refractivity contribution in [2.75, 3.05) is 0 Å². The minimum atomic E-state index is -0.0536. The van der Waals surface area contributed by atoms with Crippen LogP contribution in [-0.2, 0) is 13.5 Å². The summed E-state index contributed by atoms with van der Waals surface area (Å²) in [5, 5.41) is 0. The van der Waals surface area contributed by atoms with E-state index in [1.807, 2.05) is 17.8 Å². The first-order valence-corrected chi connectivity index (χ1v) is 5.77. The summed E-state index contributed by atoms with van der Waals surface area (Å²) in [5.41, 5.74) is 6.19. The van der Waals surface area contributed by atoms with E-state index in [0.29, 0.717) is 0 Å². The second-order valence-corrected chi connectivity index (χ2v) is 4.16. The maximum absolute atomic E-state index is 5.62. The number of benzene rings is 1. The molecular formula is C13H18N4. The van der Waals surface area contributed by atoms with Gasteiger partial charge in [-0.2, -0.15) is 0 Å². The molecule has 0 saturated carbocycles. The SMILES string of the molecule is CCc1ccc(C(NN)c2cn(C)cn2)cc1. The van der Waals surface area contributed by atoms with Crippen molar-refractivity contribution in [3.05, 3.63) is 53.6 Å². The molecule has 90 valence electrons. The van der Waals surface area contributed by atoms with Gasteiger partial charge in [-0.05, 0) is 17.5 Å². The van der Waals surface area contributed by atoms with Crippen molar-refractivity contribution in [3.63, 3.8) is 0 Å². The molecule has 0 spiro atoms. The fraction of sp³-hybridized carbons (Fsp3) is 0.308. The van der Waals surface area contributed by atoms with Crippen molar-refractivity contribution in [3.8, 4) is 0 Å². The second-order valence-electron chi connectivity index (χ2n) is 4.16. The lowest BCUT2D eigenvalue weighted by Crippen LogP contribution is -2.29. The van der Waals surface area contributed by atoms with Gasteiger partial charge in [-0.1, -0.05) is 31.2 Å². The summed E-state index contributed by atoms with van der Waals surface area (Å²) in [6, 6.07) is 8.39. The number of hydrogen-bond donors (Lipinski definition) is 2. The van der Waals surface area contributed by atoms with E-state index in [1.54, 1.807) is 6.33 Å². The van der Waals surface area contributed by atoms with E-state index in [0.717, 1.165) is 17.7 Å². The first kappa shape index (κ1) is 11.8. The Hall–Kier alpha value is -1.65. The van der Waals surface area contributed by atoms with Crippen LogP contribution in [-0.4, -0.2) is 9.55 Å². The number of aryl methyl sites for hydroxylation is 2. The molecule has 1 aromatic heterocycles. The average Bonchev–Trinajstić information content (AvgIpc) is 2.78. The predicted octanol–water partition coefficient (Wildman–Crippen LogP) is 1.54. The molecule has 4 heteroatoms. The molecule has 0 radical (unpaired) electrons. The van der Waals surface area contributed by atoms with Crippen LogP contribution in [0.25, 0.3) is 0 Å². The highest BCUT2D eigenvalue weighted by Crippen LogP contribution is 2.20. The molecule has 0 aliphatic rings. The molecule has 1 unspecified atom stereocenters. The molecule has 0 aliphatic carbocycles. The van der Waals surface area contributed by atoms with Crippen molar-refractivity contribution in [2.45, 2.75) is 19.4 Å². The van der Waals surface area contributed by atoms with Crippen LogP contribution in [0.4, 0.5) is 0 Å². The minimum Gasteiger partial charge on any atom is -0.340 e. The van der Waals surface area contributed by atoms with Gasteiger partial charge in [0.2, 0.25) is 0 Å². The van der Waals surface area contributed by atoms with E-state index in [1.165, 1.54) is 5.56 Å². The summed E-state index contributed by atoms with van der Waals surface area (Å²) < 4.78 is 1.92. The summed E-state index contributed by atoms with van der Waals surface area (Å²) in [5.74, 6) is 5.62. The van der Waals surface area contributed by atoms with Crippen LogP contribution in [0, 0.1) is 0 Å². The van der Waals surface area contributed by atoms with Gasteiger partial charge in [0, 0.05) is 13.2 Å². The molecule has 17 heavy (non-hydrogen) atoms. The van der Waals surface area contributed by atoms with Crippen LogP contribution in [0.5, 0.6) is 0 Å². The first-order chi connectivity index (χ1) is 8.24. The van der Waals surface area contributed by atoms with Gasteiger partial charge in [0.1, 0.15) is 0 Å². The minimum absolute atomic E-state index is 0.0536. The smallest absolute Gasteiger partial charge is 0.0947 e. The van der Waals surface area contributed by atoms with Crippen LogP contribution in [0.2, 0.25) is 0 Å². The van der Waals surface area contributed by atoms with Crippen LogP contribution >= 0.6 is 0 Å². The van der Waals surface area contributed by atoms with Gasteiger partial charge in [0.05, 0.1) is 18.1 Å². The third-order valence-corrected chi connectivity index (χ3v) is 2.91. The molecule has 4 nitrogen and oxygen atoms in total. The molecule has 3 N–H and O–H groups in total. The third kappa shape index (κ3) is 2.54. The van der Waals surface area contributed by atoms with E-state index in [2.05, 4.69) is 41.6 Å². The van der Waals surface area contributed by atoms with Crippen molar-refractivity contribution in [2.24, 2.45) is 12.9 Å². The highest BCUT2D eigenvalue weighted by atomic mass is 15.2. The number of aromatic nitrogens is 2. The molecule has 0 amide bonds. The van der Waals surface area contributed by atoms with Gasteiger partial charge in [0.15, 0.2) is 0 Å². The largest absolute Gasteiger partial charge is 0.340 e. The lowest BCUT2D eigenvalue weighted by Gasteiger charge is -2.14. The van der Waals surface area contributed by atoms with E-state index in [-0.39, 0.29) is 6.04 Å². The van der Waals surface area contributed by atoms with Crippen LogP contribution < -0.4 is 11.3 Å². The first-order valence-electron chi connectivity index (χ1n) is 5.77. The Morgan fingerprint density at radius 1 is 1.35 bits per heavy atom. The number of imidazole rings is 1. The maximum atomic E-state index is 5.62. The molecule has 0 fully saturated rings. The lowest BCUT2D eigenvalue weighted by atomic mass is 10.0. The Bertz CT molecular complexity index is 472. The quantitative estimate of drug-likeness (QED) is 0.618. The van der Waals surface area contributed by atoms with Gasteiger partial charge in [-0.15, -0.1) is 0 Å². The Morgan fingerprint density at radius 3 is 2.53 bits per heavy atom. The van der Waals surface area contributed by atoms with Crippen molar-refractivity contribution in [1.29, 1.82) is 0 Å². The second kappa shape index (κ2) is 5.12. The number of nitrogens with one attached hydrogen (secondary N) is 1. The van der Waals surface area contributed by atoms with Gasteiger partial charge in [-0.3, -0.25) is 5.84 Å². The number of hydrazine groups is 1. The number of rotatable bonds is 4. The van der Waals surface area contributed by atoms with Crippen molar-refractivity contribution < 1.29 is 0 Å². The predicted molar refractivity (Wildman–Crippen MR) is 68.2 cm³/mol. The molecule has 1 heterocycles. The Labute approximate surface area is 101 Å². The molecule has 0 bridgehead atoms. The summed E-state index contributed by atoms with van der Waals surface area (Å²) in [6.45, 7) is 2.15. The third-order valence-electron chi connectivity index (χ3n) is 2.91. The van der Waals surface area contributed by atoms with E-state index < -0.39 is 0 Å². The van der Waals surface area contributed by atoms with E-state index in [9.17, 15) is 0 Å². The Balaban J connectivity index is 2.28. The number of nitrogens with zero attached hydrogens (tertiary/aromatic N) is 2. The van der Waals surface area contributed by atoms with Gasteiger partial charge >= 0.3 is 0 Å². The van der Waals surface area contributed by atoms with Crippen molar-refractivity contribution in [1.82, 2.24) is 15.0 Å². The zero-order valence-corrected chi connectivity index (χ0v) is 10.2. The van der Waals surface area contributed by atoms with Crippen molar-refractivity contribution >= 4 is 0 Å². The zero-order chi connectivity index (χ0) is 12.3. The number of hydrogen-bond acceptors (Lipinski definition) is 3. The summed E-state index contributed by atoms with van der Waals surface area (Å²) in [4.78, 5) is 4.33. The monoisotopic (exact) mass is 230 g/mol. The normalized spacial score (nSPS) is 12.6. The van der Waals surface area contributed by atoms with Crippen LogP contribution in [0.15, 0.2) is 36.8 Å². The molecule has 2 aromatic rings.